The predicted octanol–water partition coefficient (Wildman–Crippen LogP) is 7.57. The van der Waals surface area contributed by atoms with Gasteiger partial charge in [0.15, 0.2) is 24.1 Å². The number of aryl methyl sites for hydroxylation is 4. The number of aliphatic hydroxyl groups excluding tert-OH is 1. The van der Waals surface area contributed by atoms with E-state index in [0.29, 0.717) is 36.2 Å². The van der Waals surface area contributed by atoms with Crippen molar-refractivity contribution >= 4 is 23.5 Å². The number of aromatic nitrogens is 1. The molecular weight excluding hydrogens is 725 g/mol. The largest absolute Gasteiger partial charge is 0.504 e. The van der Waals surface area contributed by atoms with E-state index in [2.05, 4.69) is 71.2 Å². The maximum Gasteiger partial charge on any atom is 0.186 e. The Kier molecular flexibility index (Phi) is 16.1. The number of nitrogens with two attached hydrogens (primary N) is 1. The second-order valence-corrected chi connectivity index (χ2v) is 16.3. The van der Waals surface area contributed by atoms with E-state index in [1.165, 1.54) is 48.4 Å². The van der Waals surface area contributed by atoms with Gasteiger partial charge in [-0.3, -0.25) is 9.59 Å². The van der Waals surface area contributed by atoms with Crippen LogP contribution in [0.3, 0.4) is 0 Å². The second-order valence-electron chi connectivity index (χ2n) is 16.3. The normalized spacial score (nSPS) is 19.2. The molecule has 308 valence electrons. The molecular formula is C49H62N4O5. The van der Waals surface area contributed by atoms with Crippen LogP contribution in [0.1, 0.15) is 96.7 Å². The molecule has 2 fully saturated rings. The number of benzene rings is 3. The van der Waals surface area contributed by atoms with Crippen LogP contribution in [-0.4, -0.2) is 59.7 Å². The molecule has 4 aromatic rings. The summed E-state index contributed by atoms with van der Waals surface area (Å²) in [6.07, 6.45) is 16.9. The van der Waals surface area contributed by atoms with Gasteiger partial charge in [-0.25, -0.2) is 4.98 Å². The molecule has 0 bridgehead atoms. The van der Waals surface area contributed by atoms with Gasteiger partial charge in [0.25, 0.3) is 0 Å². The second kappa shape index (κ2) is 21.8. The number of nitrogen functional groups attached to an aromatic ring is 1. The zero-order valence-corrected chi connectivity index (χ0v) is 34.1. The lowest BCUT2D eigenvalue weighted by molar-refractivity contribution is -0.124. The Bertz CT molecular complexity index is 1980. The van der Waals surface area contributed by atoms with Gasteiger partial charge in [0, 0.05) is 18.7 Å². The number of nitrogens with one attached hydrogen (secondary N) is 2. The van der Waals surface area contributed by atoms with Crippen LogP contribution < -0.4 is 21.1 Å². The minimum Gasteiger partial charge on any atom is -0.504 e. The van der Waals surface area contributed by atoms with Gasteiger partial charge in [0.2, 0.25) is 0 Å². The van der Waals surface area contributed by atoms with Crippen LogP contribution in [0.15, 0.2) is 85.1 Å². The third kappa shape index (κ3) is 12.3. The number of aliphatic hydroxyl groups is 1. The Balaban J connectivity index is 1.04. The number of carbonyl (C=O) groups excluding carboxylic acids is 2. The van der Waals surface area contributed by atoms with Gasteiger partial charge in [0.1, 0.15) is 11.6 Å². The van der Waals surface area contributed by atoms with E-state index < -0.39 is 6.79 Å². The number of phenolic OH excluding ortho intramolecular Hbond substituents is 1. The molecule has 1 saturated carbocycles. The van der Waals surface area contributed by atoms with Gasteiger partial charge < -0.3 is 31.3 Å². The van der Waals surface area contributed by atoms with E-state index in [1.54, 1.807) is 24.4 Å². The van der Waals surface area contributed by atoms with Crippen molar-refractivity contribution in [3.63, 3.8) is 0 Å². The number of piperidine rings is 1. The number of rotatable bonds is 21. The maximum atomic E-state index is 13.1. The lowest BCUT2D eigenvalue weighted by Gasteiger charge is -2.46. The van der Waals surface area contributed by atoms with Gasteiger partial charge in [-0.05, 0) is 165 Å². The molecule has 1 aliphatic carbocycles. The summed E-state index contributed by atoms with van der Waals surface area (Å²) >= 11 is 0. The van der Waals surface area contributed by atoms with Crippen molar-refractivity contribution in [2.45, 2.75) is 95.9 Å². The van der Waals surface area contributed by atoms with Crippen molar-refractivity contribution in [3.8, 4) is 11.5 Å². The molecule has 0 radical (unpaired) electrons. The number of nitrogens with zero attached hydrogens (tertiary/aromatic N) is 1. The summed E-state index contributed by atoms with van der Waals surface area (Å²) < 4.78 is 5.27. The van der Waals surface area contributed by atoms with Gasteiger partial charge in [-0.15, -0.1) is 0 Å². The van der Waals surface area contributed by atoms with E-state index in [0.717, 1.165) is 86.6 Å². The first-order valence-electron chi connectivity index (χ1n) is 21.3. The molecule has 2 aliphatic rings. The van der Waals surface area contributed by atoms with Crippen molar-refractivity contribution < 1.29 is 24.5 Å². The van der Waals surface area contributed by atoms with E-state index in [-0.39, 0.29) is 29.5 Å². The highest BCUT2D eigenvalue weighted by molar-refractivity contribution is 6.06. The fourth-order valence-corrected chi connectivity index (χ4v) is 9.32. The Morgan fingerprint density at radius 1 is 0.897 bits per heavy atom. The summed E-state index contributed by atoms with van der Waals surface area (Å²) in [5, 5.41) is 27.4. The summed E-state index contributed by atoms with van der Waals surface area (Å²) in [6.45, 7) is 1.65. The summed E-state index contributed by atoms with van der Waals surface area (Å²) in [7, 11) is 2.09. The standard InChI is InChI=1S/C49H62N4O5/c1-51-46-22-20-39-31-52-24-23-44(39)45(46)14-7-3-6-13-42(55)30-43(56)21-19-37-28-48(58-33-54)47(57)27-40(37)26-41-32-53-49(50)29-38(41)18-17-36-12-8-11-35(25-36)16-15-34-9-4-2-5-10-34/h2,4-5,8-12,19,21,25,27-29,32,39,44-46,51-52,54,57H,3,6-7,13-18,20,22-24,26,30-31,33H2,1H3,(H2,50,53)/b21-19+/t39-,44+,45-,46-/m1/s1. The molecule has 0 amide bonds. The Morgan fingerprint density at radius 2 is 1.67 bits per heavy atom. The number of carbonyl (C=O) groups is 2. The van der Waals surface area contributed by atoms with E-state index in [1.807, 2.05) is 12.1 Å². The fourth-order valence-electron chi connectivity index (χ4n) is 9.32. The molecule has 3 aromatic carbocycles. The molecule has 9 heteroatoms. The number of ether oxygens (including phenoxy) is 1. The summed E-state index contributed by atoms with van der Waals surface area (Å²) in [4.78, 5) is 30.3. The molecule has 58 heavy (non-hydrogen) atoms. The molecule has 0 spiro atoms. The SMILES string of the molecule is CN[C@@H]1CC[C@@H]2CNCC[C@@H]2[C@H]1CCCCCC(=O)CC(=O)/C=C/c1cc(OCO)c(O)cc1Cc1cnc(N)cc1CCc1cccc(CCc2ccccc2)c1. The highest BCUT2D eigenvalue weighted by Crippen LogP contribution is 2.41. The average molecular weight is 787 g/mol. The number of hydrogen-bond acceptors (Lipinski definition) is 9. The first kappa shape index (κ1) is 42.8. The number of Topliss-reactive ketones (excluding diaryl/α,β-unsaturated/α-hetero) is 1. The number of phenols is 1. The van der Waals surface area contributed by atoms with Gasteiger partial charge in [0.05, 0.1) is 6.42 Å². The summed E-state index contributed by atoms with van der Waals surface area (Å²) in [6, 6.07) is 24.9. The van der Waals surface area contributed by atoms with Crippen LogP contribution >= 0.6 is 0 Å². The van der Waals surface area contributed by atoms with Crippen molar-refractivity contribution in [1.29, 1.82) is 0 Å². The van der Waals surface area contributed by atoms with Crippen LogP contribution in [0.5, 0.6) is 11.5 Å². The molecule has 0 unspecified atom stereocenters. The van der Waals surface area contributed by atoms with Crippen LogP contribution in [0.2, 0.25) is 0 Å². The Hall–Kier alpha value is -4.83. The molecule has 2 heterocycles. The third-order valence-corrected chi connectivity index (χ3v) is 12.4. The van der Waals surface area contributed by atoms with Crippen molar-refractivity contribution in [2.75, 3.05) is 32.7 Å². The molecule has 6 N–H and O–H groups in total. The maximum absolute atomic E-state index is 13.1. The fraction of sp³-hybridized carbons (Fsp3) is 0.449. The number of allylic oxidation sites excluding steroid dienone is 1. The molecule has 4 atom stereocenters. The minimum atomic E-state index is -0.613. The lowest BCUT2D eigenvalue weighted by Crippen LogP contribution is -2.50. The molecule has 1 aliphatic heterocycles. The first-order valence-corrected chi connectivity index (χ1v) is 21.3. The smallest absolute Gasteiger partial charge is 0.186 e. The van der Waals surface area contributed by atoms with E-state index >= 15 is 0 Å². The predicted molar refractivity (Wildman–Crippen MR) is 232 cm³/mol. The average Bonchev–Trinajstić information content (AvgIpc) is 3.23. The minimum absolute atomic E-state index is 0.0478. The van der Waals surface area contributed by atoms with E-state index in [4.69, 9.17) is 10.5 Å². The number of aromatic hydroxyl groups is 1. The van der Waals surface area contributed by atoms with Crippen LogP contribution in [0.4, 0.5) is 5.82 Å². The molecule has 6 rings (SSSR count). The van der Waals surface area contributed by atoms with Gasteiger partial charge in [-0.2, -0.15) is 0 Å². The number of ketones is 2. The van der Waals surface area contributed by atoms with Crippen molar-refractivity contribution in [2.24, 2.45) is 17.8 Å². The van der Waals surface area contributed by atoms with Crippen LogP contribution in [-0.2, 0) is 41.7 Å². The van der Waals surface area contributed by atoms with Crippen molar-refractivity contribution in [1.82, 2.24) is 15.6 Å². The monoisotopic (exact) mass is 786 g/mol. The highest BCUT2D eigenvalue weighted by atomic mass is 16.6. The van der Waals surface area contributed by atoms with E-state index in [9.17, 15) is 19.8 Å². The molecule has 1 aromatic heterocycles. The first-order chi connectivity index (χ1) is 28.3. The van der Waals surface area contributed by atoms with Crippen molar-refractivity contribution in [3.05, 3.63) is 124 Å². The van der Waals surface area contributed by atoms with Gasteiger partial charge >= 0.3 is 0 Å². The number of hydrogen-bond donors (Lipinski definition) is 5. The zero-order chi connectivity index (χ0) is 40.7. The number of pyridine rings is 1. The number of unbranched alkanes of at least 4 members (excludes halogenated alkanes) is 2. The number of anilines is 1. The summed E-state index contributed by atoms with van der Waals surface area (Å²) in [5.41, 5.74) is 13.4. The summed E-state index contributed by atoms with van der Waals surface area (Å²) in [5.74, 6) is 2.36. The number of fused-ring (bicyclic) bond motifs is 1. The topological polar surface area (TPSA) is 147 Å². The molecule has 9 nitrogen and oxygen atoms in total. The zero-order valence-electron chi connectivity index (χ0n) is 34.1. The quantitative estimate of drug-likeness (QED) is 0.0250. The highest BCUT2D eigenvalue weighted by Gasteiger charge is 2.39. The van der Waals surface area contributed by atoms with Crippen LogP contribution in [0.25, 0.3) is 6.08 Å². The Labute approximate surface area is 344 Å². The molecule has 1 saturated heterocycles. The third-order valence-electron chi connectivity index (χ3n) is 12.4. The van der Waals surface area contributed by atoms with Gasteiger partial charge in [-0.1, -0.05) is 73.5 Å². The van der Waals surface area contributed by atoms with Crippen LogP contribution in [0, 0.1) is 17.8 Å². The Morgan fingerprint density at radius 3 is 2.47 bits per heavy atom. The lowest BCUT2D eigenvalue weighted by atomic mass is 9.65.